The number of sulfonamides is 1. The molecule has 1 N–H and O–H groups in total. The Morgan fingerprint density at radius 2 is 1.97 bits per heavy atom. The van der Waals surface area contributed by atoms with Gasteiger partial charge in [0.2, 0.25) is 17.6 Å². The monoisotopic (exact) mass is 506 g/mol. The number of piperidine rings is 1. The molecule has 1 saturated carbocycles. The first-order valence-electron chi connectivity index (χ1n) is 10.9. The lowest BCUT2D eigenvalue weighted by atomic mass is 9.85. The van der Waals surface area contributed by atoms with Crippen LogP contribution in [0.5, 0.6) is 0 Å². The molecule has 33 heavy (non-hydrogen) atoms. The van der Waals surface area contributed by atoms with E-state index >= 15 is 0 Å². The van der Waals surface area contributed by atoms with Gasteiger partial charge in [-0.05, 0) is 49.9 Å². The van der Waals surface area contributed by atoms with Gasteiger partial charge in [-0.3, -0.25) is 4.79 Å². The largest absolute Gasteiger partial charge is 0.339 e. The van der Waals surface area contributed by atoms with Gasteiger partial charge in [-0.15, -0.1) is 11.3 Å². The first kappa shape index (κ1) is 22.5. The van der Waals surface area contributed by atoms with Gasteiger partial charge < -0.3 is 9.84 Å². The average molecular weight is 507 g/mol. The van der Waals surface area contributed by atoms with Gasteiger partial charge in [0, 0.05) is 46.6 Å². The zero-order valence-corrected chi connectivity index (χ0v) is 20.1. The molecule has 1 amide bonds. The van der Waals surface area contributed by atoms with Gasteiger partial charge in [-0.25, -0.2) is 8.42 Å². The fourth-order valence-electron chi connectivity index (χ4n) is 4.04. The summed E-state index contributed by atoms with van der Waals surface area (Å²) in [5.41, 5.74) is 1.28. The number of carbonyl (C=O) groups excluding carboxylic acids is 1. The van der Waals surface area contributed by atoms with Gasteiger partial charge in [0.05, 0.1) is 0 Å². The minimum absolute atomic E-state index is 0.118. The molecule has 1 aliphatic heterocycles. The third kappa shape index (κ3) is 4.70. The number of rotatable bonds is 6. The number of anilines is 1. The van der Waals surface area contributed by atoms with Gasteiger partial charge in [0.25, 0.3) is 10.0 Å². The van der Waals surface area contributed by atoms with Crippen LogP contribution in [0, 0.1) is 5.92 Å². The van der Waals surface area contributed by atoms with E-state index in [-0.39, 0.29) is 29.1 Å². The van der Waals surface area contributed by atoms with E-state index in [1.54, 1.807) is 35.7 Å². The van der Waals surface area contributed by atoms with Crippen LogP contribution >= 0.6 is 22.9 Å². The molecule has 2 aromatic heterocycles. The molecule has 5 rings (SSSR count). The van der Waals surface area contributed by atoms with Crippen LogP contribution in [0.3, 0.4) is 0 Å². The second kappa shape index (κ2) is 9.17. The number of benzene rings is 1. The number of thiophene rings is 1. The van der Waals surface area contributed by atoms with E-state index in [0.29, 0.717) is 46.7 Å². The first-order chi connectivity index (χ1) is 15.9. The standard InChI is InChI=1S/C22H23ClN4O4S2/c23-17-5-2-6-18(12-17)24-21(28)14-7-9-27(10-8-14)33(29,30)19-11-16(13-32-19)20-25-22(31-26-20)15-3-1-4-15/h2,5-6,11-15H,1,3-4,7-10H2,(H,24,28). The van der Waals surface area contributed by atoms with E-state index in [4.69, 9.17) is 16.1 Å². The fourth-order valence-corrected chi connectivity index (χ4v) is 7.01. The molecule has 8 nitrogen and oxygen atoms in total. The van der Waals surface area contributed by atoms with Crippen molar-refractivity contribution in [2.24, 2.45) is 5.92 Å². The normalized spacial score (nSPS) is 18.2. The maximum absolute atomic E-state index is 13.2. The highest BCUT2D eigenvalue weighted by molar-refractivity contribution is 7.91. The van der Waals surface area contributed by atoms with Crippen LogP contribution in [-0.4, -0.2) is 41.9 Å². The van der Waals surface area contributed by atoms with Crippen molar-refractivity contribution in [1.82, 2.24) is 14.4 Å². The van der Waals surface area contributed by atoms with Gasteiger partial charge in [-0.1, -0.05) is 29.2 Å². The Balaban J connectivity index is 1.21. The summed E-state index contributed by atoms with van der Waals surface area (Å²) >= 11 is 7.12. The summed E-state index contributed by atoms with van der Waals surface area (Å²) in [6.07, 6.45) is 4.19. The Labute approximate surface area is 201 Å². The van der Waals surface area contributed by atoms with Crippen molar-refractivity contribution >= 4 is 44.6 Å². The Kier molecular flexibility index (Phi) is 6.26. The van der Waals surface area contributed by atoms with Crippen molar-refractivity contribution in [2.75, 3.05) is 18.4 Å². The number of hydrogen-bond acceptors (Lipinski definition) is 7. The van der Waals surface area contributed by atoms with E-state index in [1.165, 1.54) is 10.7 Å². The quantitative estimate of drug-likeness (QED) is 0.516. The van der Waals surface area contributed by atoms with E-state index in [2.05, 4.69) is 15.5 Å². The number of amides is 1. The predicted molar refractivity (Wildman–Crippen MR) is 126 cm³/mol. The molecule has 0 atom stereocenters. The minimum atomic E-state index is -3.65. The molecular formula is C22H23ClN4O4S2. The van der Waals surface area contributed by atoms with Gasteiger partial charge in [0.15, 0.2) is 0 Å². The number of carbonyl (C=O) groups is 1. The summed E-state index contributed by atoms with van der Waals surface area (Å²) < 4.78 is 33.4. The van der Waals surface area contributed by atoms with Crippen molar-refractivity contribution in [1.29, 1.82) is 0 Å². The summed E-state index contributed by atoms with van der Waals surface area (Å²) in [7, 11) is -3.65. The second-order valence-electron chi connectivity index (χ2n) is 8.42. The average Bonchev–Trinajstić information content (AvgIpc) is 3.43. The fraction of sp³-hybridized carbons (Fsp3) is 0.409. The summed E-state index contributed by atoms with van der Waals surface area (Å²) in [6, 6.07) is 8.57. The highest BCUT2D eigenvalue weighted by atomic mass is 35.5. The molecule has 3 aromatic rings. The third-order valence-electron chi connectivity index (χ3n) is 6.24. The Morgan fingerprint density at radius 1 is 1.18 bits per heavy atom. The highest BCUT2D eigenvalue weighted by Gasteiger charge is 2.33. The number of aromatic nitrogens is 2. The summed E-state index contributed by atoms with van der Waals surface area (Å²) in [5, 5.41) is 9.18. The summed E-state index contributed by atoms with van der Waals surface area (Å²) in [4.78, 5) is 17.0. The molecule has 1 aliphatic carbocycles. The minimum Gasteiger partial charge on any atom is -0.339 e. The predicted octanol–water partition coefficient (Wildman–Crippen LogP) is 4.76. The number of hydrogen-bond donors (Lipinski definition) is 1. The van der Waals surface area contributed by atoms with E-state index in [1.807, 2.05) is 0 Å². The van der Waals surface area contributed by atoms with Crippen molar-refractivity contribution in [2.45, 2.75) is 42.2 Å². The van der Waals surface area contributed by atoms with Crippen LogP contribution in [0.15, 0.2) is 44.4 Å². The molecule has 2 fully saturated rings. The van der Waals surface area contributed by atoms with Crippen LogP contribution in [0.25, 0.3) is 11.4 Å². The molecule has 0 bridgehead atoms. The summed E-state index contributed by atoms with van der Waals surface area (Å²) in [5.74, 6) is 1.01. The first-order valence-corrected chi connectivity index (χ1v) is 13.6. The zero-order valence-electron chi connectivity index (χ0n) is 17.7. The maximum Gasteiger partial charge on any atom is 0.252 e. The SMILES string of the molecule is O=C(Nc1cccc(Cl)c1)C1CCN(S(=O)(=O)c2cc(-c3noc(C4CCC4)n3)cs2)CC1. The van der Waals surface area contributed by atoms with Crippen LogP contribution < -0.4 is 5.32 Å². The van der Waals surface area contributed by atoms with Crippen molar-refractivity contribution in [3.8, 4) is 11.4 Å². The van der Waals surface area contributed by atoms with Crippen LogP contribution in [0.2, 0.25) is 5.02 Å². The number of nitrogens with one attached hydrogen (secondary N) is 1. The molecule has 1 saturated heterocycles. The van der Waals surface area contributed by atoms with E-state index in [0.717, 1.165) is 24.2 Å². The molecule has 0 radical (unpaired) electrons. The van der Waals surface area contributed by atoms with E-state index in [9.17, 15) is 13.2 Å². The molecule has 2 aliphatic rings. The smallest absolute Gasteiger partial charge is 0.252 e. The lowest BCUT2D eigenvalue weighted by Crippen LogP contribution is -2.41. The molecule has 174 valence electrons. The summed E-state index contributed by atoms with van der Waals surface area (Å²) in [6.45, 7) is 0.578. The van der Waals surface area contributed by atoms with E-state index < -0.39 is 10.0 Å². The Bertz CT molecular complexity index is 1260. The highest BCUT2D eigenvalue weighted by Crippen LogP contribution is 2.37. The molecule has 0 unspecified atom stereocenters. The van der Waals surface area contributed by atoms with Crippen molar-refractivity contribution < 1.29 is 17.7 Å². The van der Waals surface area contributed by atoms with Gasteiger partial charge in [0.1, 0.15) is 4.21 Å². The van der Waals surface area contributed by atoms with Crippen LogP contribution in [0.1, 0.15) is 43.9 Å². The molecule has 11 heteroatoms. The second-order valence-corrected chi connectivity index (χ2v) is 11.9. The molecule has 0 spiro atoms. The van der Waals surface area contributed by atoms with Crippen molar-refractivity contribution in [3.05, 3.63) is 46.6 Å². The lowest BCUT2D eigenvalue weighted by Gasteiger charge is -2.30. The lowest BCUT2D eigenvalue weighted by molar-refractivity contribution is -0.120. The maximum atomic E-state index is 13.2. The van der Waals surface area contributed by atoms with Crippen LogP contribution in [0.4, 0.5) is 5.69 Å². The molecule has 1 aromatic carbocycles. The Morgan fingerprint density at radius 3 is 2.67 bits per heavy atom. The number of halogens is 1. The number of nitrogens with zero attached hydrogens (tertiary/aromatic N) is 3. The Hall–Kier alpha value is -2.27. The van der Waals surface area contributed by atoms with Gasteiger partial charge >= 0.3 is 0 Å². The topological polar surface area (TPSA) is 105 Å². The molecule has 3 heterocycles. The zero-order chi connectivity index (χ0) is 23.0. The third-order valence-corrected chi connectivity index (χ3v) is 9.79. The van der Waals surface area contributed by atoms with Gasteiger partial charge in [-0.2, -0.15) is 9.29 Å². The molecular weight excluding hydrogens is 484 g/mol. The van der Waals surface area contributed by atoms with Crippen molar-refractivity contribution in [3.63, 3.8) is 0 Å². The van der Waals surface area contributed by atoms with Crippen LogP contribution in [-0.2, 0) is 14.8 Å².